The van der Waals surface area contributed by atoms with Gasteiger partial charge in [0.25, 0.3) is 0 Å². The first-order chi connectivity index (χ1) is 9.88. The molecule has 0 aromatic carbocycles. The molecule has 2 aliphatic rings. The second-order valence-electron chi connectivity index (χ2n) is 7.41. The largest absolute Gasteiger partial charge is 0.369 e. The van der Waals surface area contributed by atoms with Crippen LogP contribution in [0.15, 0.2) is 10.8 Å². The Morgan fingerprint density at radius 2 is 2.00 bits per heavy atom. The standard InChI is InChI=1S/C16H25BrN4/c1-5-18-12-11(17)13(20-9-19-12)21-14-15(2,3)10-6-7-16(14,4)8-10/h9-10,14H,5-8H2,1-4H3,(H2,18,19,20,21). The van der Waals surface area contributed by atoms with E-state index in [1.165, 1.54) is 19.3 Å². The summed E-state index contributed by atoms with van der Waals surface area (Å²) in [5.74, 6) is 2.60. The molecule has 0 aliphatic heterocycles. The predicted molar refractivity (Wildman–Crippen MR) is 90.5 cm³/mol. The van der Waals surface area contributed by atoms with Gasteiger partial charge in [-0.25, -0.2) is 9.97 Å². The van der Waals surface area contributed by atoms with Crippen molar-refractivity contribution in [3.63, 3.8) is 0 Å². The van der Waals surface area contributed by atoms with Gasteiger partial charge in [0.15, 0.2) is 0 Å². The van der Waals surface area contributed by atoms with Gasteiger partial charge in [0.1, 0.15) is 22.4 Å². The number of hydrogen-bond donors (Lipinski definition) is 2. The summed E-state index contributed by atoms with van der Waals surface area (Å²) in [6.45, 7) is 10.2. The summed E-state index contributed by atoms with van der Waals surface area (Å²) in [5, 5.41) is 7.00. The molecule has 5 heteroatoms. The molecule has 0 saturated heterocycles. The van der Waals surface area contributed by atoms with Crippen LogP contribution in [0.4, 0.5) is 11.6 Å². The van der Waals surface area contributed by atoms with Gasteiger partial charge in [-0.1, -0.05) is 20.8 Å². The van der Waals surface area contributed by atoms with E-state index in [1.54, 1.807) is 6.33 Å². The maximum absolute atomic E-state index is 4.46. The molecule has 2 N–H and O–H groups in total. The van der Waals surface area contributed by atoms with Crippen molar-refractivity contribution in [1.82, 2.24) is 9.97 Å². The second-order valence-corrected chi connectivity index (χ2v) is 8.20. The van der Waals surface area contributed by atoms with Crippen molar-refractivity contribution in [1.29, 1.82) is 0 Å². The van der Waals surface area contributed by atoms with Crippen LogP contribution in [-0.4, -0.2) is 22.6 Å². The fraction of sp³-hybridized carbons (Fsp3) is 0.750. The number of rotatable bonds is 4. The number of nitrogens with one attached hydrogen (secondary N) is 2. The highest BCUT2D eigenvalue weighted by molar-refractivity contribution is 9.10. The number of aromatic nitrogens is 2. The van der Waals surface area contributed by atoms with Crippen molar-refractivity contribution in [2.45, 2.75) is 53.0 Å². The van der Waals surface area contributed by atoms with Gasteiger partial charge in [0.05, 0.1) is 0 Å². The molecule has 2 fully saturated rings. The zero-order valence-electron chi connectivity index (χ0n) is 13.3. The van der Waals surface area contributed by atoms with Crippen LogP contribution in [0.25, 0.3) is 0 Å². The molecule has 3 atom stereocenters. The molecule has 2 saturated carbocycles. The highest BCUT2D eigenvalue weighted by Crippen LogP contribution is 2.63. The molecule has 0 spiro atoms. The van der Waals surface area contributed by atoms with Crippen LogP contribution in [0.5, 0.6) is 0 Å². The van der Waals surface area contributed by atoms with Crippen molar-refractivity contribution in [3.8, 4) is 0 Å². The van der Waals surface area contributed by atoms with Crippen LogP contribution in [0.1, 0.15) is 47.0 Å². The number of anilines is 2. The minimum absolute atomic E-state index is 0.315. The lowest BCUT2D eigenvalue weighted by atomic mass is 9.68. The molecule has 2 bridgehead atoms. The molecule has 3 rings (SSSR count). The zero-order chi connectivity index (χ0) is 15.3. The van der Waals surface area contributed by atoms with Crippen LogP contribution in [0, 0.1) is 16.7 Å². The number of fused-ring (bicyclic) bond motifs is 2. The van der Waals surface area contributed by atoms with Crippen molar-refractivity contribution < 1.29 is 0 Å². The number of nitrogens with zero attached hydrogens (tertiary/aromatic N) is 2. The molecule has 2 aliphatic carbocycles. The van der Waals surface area contributed by atoms with Gasteiger partial charge in [0.2, 0.25) is 0 Å². The highest BCUT2D eigenvalue weighted by atomic mass is 79.9. The third-order valence-corrected chi connectivity index (χ3v) is 6.44. The summed E-state index contributed by atoms with van der Waals surface area (Å²) in [6, 6.07) is 0.462. The predicted octanol–water partition coefficient (Wildman–Crippen LogP) is 4.30. The van der Waals surface area contributed by atoms with Crippen LogP contribution in [0.3, 0.4) is 0 Å². The van der Waals surface area contributed by atoms with E-state index in [9.17, 15) is 0 Å². The highest BCUT2D eigenvalue weighted by Gasteiger charge is 2.59. The fourth-order valence-electron chi connectivity index (χ4n) is 4.56. The summed E-state index contributed by atoms with van der Waals surface area (Å²) in [5.41, 5.74) is 0.701. The summed E-state index contributed by atoms with van der Waals surface area (Å²) in [7, 11) is 0. The van der Waals surface area contributed by atoms with Gasteiger partial charge in [0, 0.05) is 12.6 Å². The average Bonchev–Trinajstić information content (AvgIpc) is 2.90. The quantitative estimate of drug-likeness (QED) is 0.848. The number of halogens is 1. The molecule has 0 radical (unpaired) electrons. The first kappa shape index (κ1) is 15.1. The van der Waals surface area contributed by atoms with E-state index in [1.807, 2.05) is 0 Å². The Kier molecular flexibility index (Phi) is 3.67. The summed E-state index contributed by atoms with van der Waals surface area (Å²) in [6.07, 6.45) is 5.66. The Morgan fingerprint density at radius 3 is 2.62 bits per heavy atom. The van der Waals surface area contributed by atoms with Crippen molar-refractivity contribution in [2.75, 3.05) is 17.2 Å². The van der Waals surface area contributed by atoms with Crippen LogP contribution in [-0.2, 0) is 0 Å². The molecule has 1 aromatic heterocycles. The summed E-state index contributed by atoms with van der Waals surface area (Å²) in [4.78, 5) is 8.75. The van der Waals surface area contributed by atoms with E-state index >= 15 is 0 Å². The first-order valence-electron chi connectivity index (χ1n) is 7.89. The fourth-order valence-corrected chi connectivity index (χ4v) is 5.02. The summed E-state index contributed by atoms with van der Waals surface area (Å²) < 4.78 is 0.939. The Balaban J connectivity index is 1.89. The number of hydrogen-bond acceptors (Lipinski definition) is 4. The van der Waals surface area contributed by atoms with Gasteiger partial charge in [-0.3, -0.25) is 0 Å². The molecule has 3 unspecified atom stereocenters. The van der Waals surface area contributed by atoms with Gasteiger partial charge >= 0.3 is 0 Å². The Bertz CT molecular complexity index is 540. The molecule has 0 amide bonds. The van der Waals surface area contributed by atoms with Crippen molar-refractivity contribution in [3.05, 3.63) is 10.8 Å². The van der Waals surface area contributed by atoms with Gasteiger partial charge in [-0.15, -0.1) is 0 Å². The molecule has 4 nitrogen and oxygen atoms in total. The zero-order valence-corrected chi connectivity index (χ0v) is 14.9. The maximum Gasteiger partial charge on any atom is 0.146 e. The maximum atomic E-state index is 4.46. The van der Waals surface area contributed by atoms with Crippen LogP contribution in [0.2, 0.25) is 0 Å². The summed E-state index contributed by atoms with van der Waals surface area (Å²) >= 11 is 3.65. The third-order valence-electron chi connectivity index (χ3n) is 5.68. The molecule has 21 heavy (non-hydrogen) atoms. The Labute approximate surface area is 135 Å². The lowest BCUT2D eigenvalue weighted by Crippen LogP contribution is -2.46. The van der Waals surface area contributed by atoms with Gasteiger partial charge < -0.3 is 10.6 Å². The SMILES string of the molecule is CCNc1ncnc(NC2C3(C)CCC(C3)C2(C)C)c1Br. The van der Waals surface area contributed by atoms with Gasteiger partial charge in [-0.05, 0) is 58.9 Å². The minimum atomic E-state index is 0.315. The van der Waals surface area contributed by atoms with E-state index in [0.717, 1.165) is 28.6 Å². The lowest BCUT2D eigenvalue weighted by Gasteiger charge is -2.43. The van der Waals surface area contributed by atoms with E-state index in [0.29, 0.717) is 16.9 Å². The Morgan fingerprint density at radius 1 is 1.29 bits per heavy atom. The van der Waals surface area contributed by atoms with E-state index in [2.05, 4.69) is 64.2 Å². The Hall–Kier alpha value is -0.840. The second kappa shape index (κ2) is 5.11. The van der Waals surface area contributed by atoms with Gasteiger partial charge in [-0.2, -0.15) is 0 Å². The average molecular weight is 353 g/mol. The molecule has 116 valence electrons. The smallest absolute Gasteiger partial charge is 0.146 e. The normalized spacial score (nSPS) is 33.2. The first-order valence-corrected chi connectivity index (χ1v) is 8.68. The minimum Gasteiger partial charge on any atom is -0.369 e. The lowest BCUT2D eigenvalue weighted by molar-refractivity contribution is 0.155. The van der Waals surface area contributed by atoms with Crippen molar-refractivity contribution in [2.24, 2.45) is 16.7 Å². The van der Waals surface area contributed by atoms with E-state index < -0.39 is 0 Å². The van der Waals surface area contributed by atoms with Crippen LogP contribution < -0.4 is 10.6 Å². The molecular formula is C16H25BrN4. The van der Waals surface area contributed by atoms with Crippen molar-refractivity contribution >= 4 is 27.6 Å². The van der Waals surface area contributed by atoms with E-state index in [-0.39, 0.29) is 0 Å². The third kappa shape index (κ3) is 2.33. The topological polar surface area (TPSA) is 49.8 Å². The monoisotopic (exact) mass is 352 g/mol. The van der Waals surface area contributed by atoms with Crippen LogP contribution >= 0.6 is 15.9 Å². The molecular weight excluding hydrogens is 328 g/mol. The molecule has 1 aromatic rings. The van der Waals surface area contributed by atoms with E-state index in [4.69, 9.17) is 0 Å². The molecule has 1 heterocycles.